The zero-order valence-corrected chi connectivity index (χ0v) is 16.4. The number of nitrogens with one attached hydrogen (secondary N) is 1. The van der Waals surface area contributed by atoms with Gasteiger partial charge in [0.25, 0.3) is 0 Å². The van der Waals surface area contributed by atoms with Gasteiger partial charge < -0.3 is 9.72 Å². The van der Waals surface area contributed by atoms with Crippen molar-refractivity contribution in [1.82, 2.24) is 14.5 Å². The molecule has 0 saturated heterocycles. The average Bonchev–Trinajstić information content (AvgIpc) is 3.16. The number of carbonyl (C=O) groups is 1. The highest BCUT2D eigenvalue weighted by Gasteiger charge is 2.38. The first kappa shape index (κ1) is 18.2. The quantitative estimate of drug-likeness (QED) is 0.606. The molecule has 25 heavy (non-hydrogen) atoms. The maximum Gasteiger partial charge on any atom is 0.367 e. The molecule has 0 aliphatic rings. The molecular weight excluding hydrogens is 381 g/mol. The van der Waals surface area contributed by atoms with Crippen molar-refractivity contribution >= 4 is 56.3 Å². The normalized spacial score (nSPS) is 11.9. The molecule has 3 aromatic rings. The molecule has 0 aliphatic carbocycles. The highest BCUT2D eigenvalue weighted by atomic mass is 35.5. The predicted octanol–water partition coefficient (Wildman–Crippen LogP) is 5.13. The van der Waals surface area contributed by atoms with E-state index in [1.807, 2.05) is 26.0 Å². The molecule has 3 rings (SSSR count). The zero-order valence-electron chi connectivity index (χ0n) is 14.1. The summed E-state index contributed by atoms with van der Waals surface area (Å²) in [6.45, 7) is 5.18. The van der Waals surface area contributed by atoms with Gasteiger partial charge in [0.2, 0.25) is 5.88 Å². The van der Waals surface area contributed by atoms with Crippen LogP contribution < -0.4 is 9.22 Å². The van der Waals surface area contributed by atoms with Crippen LogP contribution in [-0.4, -0.2) is 36.1 Å². The molecule has 0 bridgehead atoms. The van der Waals surface area contributed by atoms with Crippen LogP contribution in [-0.2, 0) is 0 Å². The minimum Gasteiger partial charge on any atom is -0.481 e. The number of thiophene rings is 1. The molecule has 0 aliphatic heterocycles. The molecule has 5 nitrogen and oxygen atoms in total. The Balaban J connectivity index is 2.06. The summed E-state index contributed by atoms with van der Waals surface area (Å²) >= 11 is 13.6. The number of nitrogens with zero attached hydrogens (tertiary/aromatic N) is 2. The van der Waals surface area contributed by atoms with Crippen molar-refractivity contribution in [1.29, 1.82) is 0 Å². The van der Waals surface area contributed by atoms with E-state index in [9.17, 15) is 4.79 Å². The van der Waals surface area contributed by atoms with Gasteiger partial charge in [-0.3, -0.25) is 0 Å². The first-order valence-corrected chi connectivity index (χ1v) is 9.43. The van der Waals surface area contributed by atoms with Gasteiger partial charge in [0.15, 0.2) is 5.69 Å². The summed E-state index contributed by atoms with van der Waals surface area (Å²) in [5, 5.41) is 0.456. The van der Waals surface area contributed by atoms with Crippen LogP contribution in [0.5, 0.6) is 5.88 Å². The Bertz CT molecular complexity index is 914. The topological polar surface area (TPSA) is 55.0 Å². The first-order valence-electron chi connectivity index (χ1n) is 7.86. The fourth-order valence-corrected chi connectivity index (χ4v) is 4.49. The van der Waals surface area contributed by atoms with Gasteiger partial charge in [-0.2, -0.15) is 0 Å². The number of H-pyrrole nitrogens is 1. The monoisotopic (exact) mass is 398 g/mol. The number of pyridine rings is 1. The van der Waals surface area contributed by atoms with Crippen LogP contribution in [0.4, 0.5) is 5.69 Å². The second-order valence-electron chi connectivity index (χ2n) is 5.58. The van der Waals surface area contributed by atoms with E-state index in [1.54, 1.807) is 19.4 Å². The molecule has 8 heteroatoms. The van der Waals surface area contributed by atoms with Crippen molar-refractivity contribution < 1.29 is 9.53 Å². The molecule has 1 N–H and O–H groups in total. The zero-order chi connectivity index (χ0) is 18.2. The van der Waals surface area contributed by atoms with Crippen LogP contribution in [0.2, 0.25) is 9.36 Å². The summed E-state index contributed by atoms with van der Waals surface area (Å²) in [4.78, 5) is 20.7. The van der Waals surface area contributed by atoms with Crippen molar-refractivity contribution in [2.45, 2.75) is 13.8 Å². The predicted molar refractivity (Wildman–Crippen MR) is 104 cm³/mol. The minimum absolute atomic E-state index is 0.0347. The summed E-state index contributed by atoms with van der Waals surface area (Å²) in [5.41, 5.74) is 2.04. The maximum atomic E-state index is 13.4. The molecule has 0 radical (unpaired) electrons. The van der Waals surface area contributed by atoms with E-state index in [4.69, 9.17) is 27.9 Å². The van der Waals surface area contributed by atoms with E-state index in [1.165, 1.54) is 11.3 Å². The Kier molecular flexibility index (Phi) is 5.06. The number of rotatable bonds is 5. The van der Waals surface area contributed by atoms with Crippen molar-refractivity contribution in [2.75, 3.05) is 20.2 Å². The molecule has 0 aromatic carbocycles. The first-order chi connectivity index (χ1) is 12.0. The van der Waals surface area contributed by atoms with Gasteiger partial charge in [-0.1, -0.05) is 23.2 Å². The number of carbonyl (C=O) groups excluding carboxylic acids is 1. The van der Waals surface area contributed by atoms with Crippen molar-refractivity contribution in [3.63, 3.8) is 0 Å². The molecule has 132 valence electrons. The number of hydrogen-bond acceptors (Lipinski definition) is 4. The minimum atomic E-state index is -0.0347. The molecule has 0 spiro atoms. The Morgan fingerprint density at radius 1 is 1.32 bits per heavy atom. The van der Waals surface area contributed by atoms with Gasteiger partial charge in [0, 0.05) is 12.1 Å². The van der Waals surface area contributed by atoms with Gasteiger partial charge >= 0.3 is 5.91 Å². The van der Waals surface area contributed by atoms with Crippen molar-refractivity contribution in [3.8, 4) is 5.88 Å². The number of fused-ring (bicyclic) bond motifs is 1. The largest absolute Gasteiger partial charge is 0.481 e. The summed E-state index contributed by atoms with van der Waals surface area (Å²) in [5.74, 6) is 0.482. The maximum absolute atomic E-state index is 13.4. The van der Waals surface area contributed by atoms with Gasteiger partial charge in [0.05, 0.1) is 41.6 Å². The lowest BCUT2D eigenvalue weighted by Gasteiger charge is -2.32. The van der Waals surface area contributed by atoms with E-state index in [0.29, 0.717) is 39.5 Å². The number of aromatic nitrogens is 2. The highest BCUT2D eigenvalue weighted by molar-refractivity contribution is 7.23. The Morgan fingerprint density at radius 2 is 2.04 bits per heavy atom. The molecule has 0 unspecified atom stereocenters. The molecule has 0 fully saturated rings. The van der Waals surface area contributed by atoms with E-state index in [0.717, 1.165) is 10.4 Å². The number of amides is 1. The summed E-state index contributed by atoms with van der Waals surface area (Å²) in [7, 11) is 1.56. The second-order valence-corrected chi connectivity index (χ2v) is 7.61. The van der Waals surface area contributed by atoms with Crippen molar-refractivity contribution in [2.24, 2.45) is 0 Å². The Morgan fingerprint density at radius 3 is 2.56 bits per heavy atom. The van der Waals surface area contributed by atoms with Crippen molar-refractivity contribution in [3.05, 3.63) is 39.4 Å². The number of hydrogen-bond donors (Lipinski definition) is 1. The van der Waals surface area contributed by atoms with E-state index < -0.39 is 0 Å². The average molecular weight is 399 g/mol. The SMILES string of the molecule is CC[N+](CC)(C(=O)c1cc2sc(Cl)c(Cl)c2[nH]1)c1ccc(OC)nc1. The standard InChI is InChI=1S/C17H17Cl2N3O2S/c1-4-22(5-2,10-6-7-13(24-3)20-9-10)17(23)11-8-12-15(21-11)14(18)16(19)25-12/h6-9H,4-5H2,1-3H3/p+1. The van der Waals surface area contributed by atoms with Crippen LogP contribution >= 0.6 is 34.5 Å². The van der Waals surface area contributed by atoms with Crippen LogP contribution in [0.3, 0.4) is 0 Å². The molecule has 1 amide bonds. The number of quaternary nitrogens is 1. The summed E-state index contributed by atoms with van der Waals surface area (Å²) < 4.78 is 6.66. The van der Waals surface area contributed by atoms with Crippen LogP contribution in [0.15, 0.2) is 24.4 Å². The Hall–Kier alpha value is -1.60. The molecular formula is C17H18Cl2N3O2S+. The fourth-order valence-electron chi connectivity index (χ4n) is 3.00. The van der Waals surface area contributed by atoms with E-state index >= 15 is 0 Å². The Labute approximate surface area is 159 Å². The molecule has 3 aromatic heterocycles. The molecule has 3 heterocycles. The lowest BCUT2D eigenvalue weighted by Crippen LogP contribution is -2.54. The number of methoxy groups -OCH3 is 1. The number of aromatic amines is 1. The fraction of sp³-hybridized carbons (Fsp3) is 0.294. The van der Waals surface area contributed by atoms with Crippen LogP contribution in [0.1, 0.15) is 24.3 Å². The summed E-state index contributed by atoms with van der Waals surface area (Å²) in [6, 6.07) is 5.46. The van der Waals surface area contributed by atoms with Crippen LogP contribution in [0.25, 0.3) is 10.2 Å². The lowest BCUT2D eigenvalue weighted by molar-refractivity contribution is 0.0773. The van der Waals surface area contributed by atoms with Gasteiger partial charge in [0.1, 0.15) is 10.0 Å². The number of ether oxygens (including phenoxy) is 1. The highest BCUT2D eigenvalue weighted by Crippen LogP contribution is 2.39. The summed E-state index contributed by atoms with van der Waals surface area (Å²) in [6.07, 6.45) is 1.69. The van der Waals surface area contributed by atoms with Gasteiger partial charge in [-0.15, -0.1) is 11.3 Å². The smallest absolute Gasteiger partial charge is 0.367 e. The van der Waals surface area contributed by atoms with E-state index in [2.05, 4.69) is 9.97 Å². The second kappa shape index (κ2) is 6.96. The molecule has 0 atom stereocenters. The molecule has 0 saturated carbocycles. The third-order valence-electron chi connectivity index (χ3n) is 4.50. The van der Waals surface area contributed by atoms with Gasteiger partial charge in [-0.05, 0) is 19.9 Å². The third-order valence-corrected chi connectivity index (χ3v) is 6.43. The number of halogens is 2. The van der Waals surface area contributed by atoms with E-state index in [-0.39, 0.29) is 10.4 Å². The third kappa shape index (κ3) is 2.93. The lowest BCUT2D eigenvalue weighted by atomic mass is 10.2. The van der Waals surface area contributed by atoms with Crippen LogP contribution in [0, 0.1) is 0 Å². The van der Waals surface area contributed by atoms with Gasteiger partial charge in [-0.25, -0.2) is 14.3 Å².